The van der Waals surface area contributed by atoms with Crippen molar-refractivity contribution in [1.29, 1.82) is 0 Å². The number of rotatable bonds is 8. The first-order valence-electron chi connectivity index (χ1n) is 12.8. The molecule has 3 aromatic rings. The minimum absolute atomic E-state index is 0.0502. The summed E-state index contributed by atoms with van der Waals surface area (Å²) >= 11 is 0. The first kappa shape index (κ1) is 29.3. The van der Waals surface area contributed by atoms with Crippen molar-refractivity contribution in [2.24, 2.45) is 0 Å². The zero-order valence-corrected chi connectivity index (χ0v) is 22.7. The van der Waals surface area contributed by atoms with Crippen LogP contribution in [0.15, 0.2) is 30.3 Å². The number of ether oxygens (including phenoxy) is 1. The highest BCUT2D eigenvalue weighted by molar-refractivity contribution is 5.92. The molecule has 0 unspecified atom stereocenters. The Bertz CT molecular complexity index is 1370. The van der Waals surface area contributed by atoms with Crippen LogP contribution < -0.4 is 10.1 Å². The second-order valence-electron chi connectivity index (χ2n) is 10.1. The van der Waals surface area contributed by atoms with Gasteiger partial charge in [-0.15, -0.1) is 10.2 Å². The van der Waals surface area contributed by atoms with Crippen molar-refractivity contribution in [2.45, 2.75) is 32.5 Å². The number of halogens is 4. The van der Waals surface area contributed by atoms with Crippen molar-refractivity contribution in [3.05, 3.63) is 53.1 Å². The van der Waals surface area contributed by atoms with Gasteiger partial charge in [-0.1, -0.05) is 19.9 Å². The lowest BCUT2D eigenvalue weighted by atomic mass is 9.98. The molecule has 40 heavy (non-hydrogen) atoms. The molecule has 0 radical (unpaired) electrons. The summed E-state index contributed by atoms with van der Waals surface area (Å²) in [4.78, 5) is 17.2. The average molecular weight is 565 g/mol. The Kier molecular flexibility index (Phi) is 8.64. The lowest BCUT2D eigenvalue weighted by Gasteiger charge is -2.32. The molecule has 2 aromatic carbocycles. The molecular formula is C27H32F4N6O3. The molecule has 0 aliphatic carbocycles. The lowest BCUT2D eigenvalue weighted by molar-refractivity contribution is -0.123. The maximum absolute atomic E-state index is 15.7. The molecule has 4 rings (SSSR count). The number of hydrogen-bond donors (Lipinski definition) is 2. The van der Waals surface area contributed by atoms with E-state index < -0.39 is 30.3 Å². The van der Waals surface area contributed by atoms with Gasteiger partial charge < -0.3 is 20.1 Å². The van der Waals surface area contributed by atoms with Gasteiger partial charge in [-0.2, -0.15) is 13.2 Å². The quantitative estimate of drug-likeness (QED) is 0.400. The Labute approximate surface area is 229 Å². The molecule has 1 fully saturated rings. The van der Waals surface area contributed by atoms with Crippen LogP contribution in [0.5, 0.6) is 11.5 Å². The minimum Gasteiger partial charge on any atom is -0.507 e. The van der Waals surface area contributed by atoms with Crippen LogP contribution in [0.25, 0.3) is 17.1 Å². The summed E-state index contributed by atoms with van der Waals surface area (Å²) in [7, 11) is 3.49. The number of benzene rings is 2. The van der Waals surface area contributed by atoms with Gasteiger partial charge in [0, 0.05) is 38.8 Å². The van der Waals surface area contributed by atoms with Crippen molar-refractivity contribution in [3.63, 3.8) is 0 Å². The van der Waals surface area contributed by atoms with E-state index in [0.717, 1.165) is 30.7 Å². The second-order valence-corrected chi connectivity index (χ2v) is 10.1. The third kappa shape index (κ3) is 6.53. The maximum atomic E-state index is 15.7. The summed E-state index contributed by atoms with van der Waals surface area (Å²) in [6.07, 6.45) is -4.67. The van der Waals surface area contributed by atoms with Crippen LogP contribution in [0, 0.1) is 5.82 Å². The zero-order chi connectivity index (χ0) is 29.2. The molecule has 0 spiro atoms. The van der Waals surface area contributed by atoms with E-state index in [1.54, 1.807) is 17.4 Å². The Morgan fingerprint density at radius 1 is 1.12 bits per heavy atom. The summed E-state index contributed by atoms with van der Waals surface area (Å²) in [5, 5.41) is 20.4. The maximum Gasteiger partial charge on any atom is 0.405 e. The SMILES string of the molecule is COc1cc(O)c(-c2nnc(C(=O)NCC(F)(F)F)n2-c2ccc(CN3CCN(C)CC3)cc2F)cc1C(C)C. The van der Waals surface area contributed by atoms with E-state index in [2.05, 4.69) is 20.0 Å². The lowest BCUT2D eigenvalue weighted by Crippen LogP contribution is -2.43. The predicted molar refractivity (Wildman–Crippen MR) is 140 cm³/mol. The van der Waals surface area contributed by atoms with Gasteiger partial charge in [0.25, 0.3) is 5.91 Å². The highest BCUT2D eigenvalue weighted by Crippen LogP contribution is 2.39. The molecule has 0 bridgehead atoms. The fourth-order valence-electron chi connectivity index (χ4n) is 4.58. The van der Waals surface area contributed by atoms with Crippen LogP contribution in [0.3, 0.4) is 0 Å². The number of amides is 1. The average Bonchev–Trinajstić information content (AvgIpc) is 3.32. The van der Waals surface area contributed by atoms with E-state index in [4.69, 9.17) is 4.74 Å². The monoisotopic (exact) mass is 564 g/mol. The molecule has 0 saturated carbocycles. The van der Waals surface area contributed by atoms with Crippen molar-refractivity contribution in [1.82, 2.24) is 29.9 Å². The highest BCUT2D eigenvalue weighted by atomic mass is 19.4. The molecule has 1 aliphatic heterocycles. The Hall–Kier alpha value is -3.71. The molecule has 1 aliphatic rings. The van der Waals surface area contributed by atoms with Gasteiger partial charge in [0.2, 0.25) is 5.82 Å². The van der Waals surface area contributed by atoms with Gasteiger partial charge in [0.1, 0.15) is 23.9 Å². The first-order valence-corrected chi connectivity index (χ1v) is 12.8. The number of aromatic nitrogens is 3. The largest absolute Gasteiger partial charge is 0.507 e. The number of likely N-dealkylation sites (N-methyl/N-ethyl adjacent to an activating group) is 1. The zero-order valence-electron chi connectivity index (χ0n) is 22.7. The van der Waals surface area contributed by atoms with Crippen molar-refractivity contribution >= 4 is 5.91 Å². The van der Waals surface area contributed by atoms with E-state index in [9.17, 15) is 23.1 Å². The third-order valence-corrected chi connectivity index (χ3v) is 6.78. The normalized spacial score (nSPS) is 15.0. The number of nitrogens with zero attached hydrogens (tertiary/aromatic N) is 5. The standard InChI is InChI=1S/C27H32F4N6O3/c1-16(2)18-12-19(22(38)13-23(18)40-4)24-33-34-25(26(39)32-15-27(29,30)31)37(24)21-6-5-17(11-20(21)28)14-36-9-7-35(3)8-10-36/h5-6,11-13,16,38H,7-10,14-15H2,1-4H3,(H,32,39). The number of carbonyl (C=O) groups is 1. The summed E-state index contributed by atoms with van der Waals surface area (Å²) in [5.74, 6) is -2.54. The number of phenols is 1. The summed E-state index contributed by atoms with van der Waals surface area (Å²) in [6, 6.07) is 7.38. The Balaban J connectivity index is 1.79. The van der Waals surface area contributed by atoms with Crippen LogP contribution in [-0.2, 0) is 6.54 Å². The van der Waals surface area contributed by atoms with Gasteiger partial charge in [-0.3, -0.25) is 14.3 Å². The number of piperazine rings is 1. The van der Waals surface area contributed by atoms with Crippen molar-refractivity contribution in [2.75, 3.05) is 46.9 Å². The number of hydrogen-bond acceptors (Lipinski definition) is 7. The molecule has 2 N–H and O–H groups in total. The number of carbonyl (C=O) groups excluding carboxylic acids is 1. The molecule has 1 aromatic heterocycles. The fraction of sp³-hybridized carbons (Fsp3) is 0.444. The van der Waals surface area contributed by atoms with Crippen LogP contribution >= 0.6 is 0 Å². The molecule has 13 heteroatoms. The van der Waals surface area contributed by atoms with E-state index in [1.165, 1.54) is 25.3 Å². The van der Waals surface area contributed by atoms with E-state index >= 15 is 4.39 Å². The van der Waals surface area contributed by atoms with E-state index in [1.807, 2.05) is 20.9 Å². The highest BCUT2D eigenvalue weighted by Gasteiger charge is 2.31. The molecule has 1 saturated heterocycles. The van der Waals surface area contributed by atoms with Crippen LogP contribution in [-0.4, -0.2) is 88.6 Å². The molecular weight excluding hydrogens is 532 g/mol. The van der Waals surface area contributed by atoms with Crippen LogP contribution in [0.4, 0.5) is 17.6 Å². The van der Waals surface area contributed by atoms with Crippen LogP contribution in [0.2, 0.25) is 0 Å². The smallest absolute Gasteiger partial charge is 0.405 e. The third-order valence-electron chi connectivity index (χ3n) is 6.78. The minimum atomic E-state index is -4.67. The second kappa shape index (κ2) is 11.8. The van der Waals surface area contributed by atoms with Gasteiger partial charge in [0.15, 0.2) is 5.82 Å². The van der Waals surface area contributed by atoms with Crippen molar-refractivity contribution in [3.8, 4) is 28.6 Å². The molecule has 216 valence electrons. The number of methoxy groups -OCH3 is 1. The number of aromatic hydroxyl groups is 1. The van der Waals surface area contributed by atoms with E-state index in [0.29, 0.717) is 23.4 Å². The van der Waals surface area contributed by atoms with Crippen LogP contribution in [0.1, 0.15) is 41.5 Å². The number of alkyl halides is 3. The van der Waals surface area contributed by atoms with Gasteiger partial charge in [-0.05, 0) is 42.3 Å². The molecule has 9 nitrogen and oxygen atoms in total. The van der Waals surface area contributed by atoms with Gasteiger partial charge in [0.05, 0.1) is 18.4 Å². The predicted octanol–water partition coefficient (Wildman–Crippen LogP) is 3.95. The Morgan fingerprint density at radius 3 is 2.42 bits per heavy atom. The number of phenolic OH excluding ortho intramolecular Hbond substituents is 1. The first-order chi connectivity index (χ1) is 18.9. The topological polar surface area (TPSA) is 95.8 Å². The molecule has 2 heterocycles. The number of nitrogens with one attached hydrogen (secondary N) is 1. The summed E-state index contributed by atoms with van der Waals surface area (Å²) < 4.78 is 60.5. The fourth-order valence-corrected chi connectivity index (χ4v) is 4.58. The molecule has 0 atom stereocenters. The van der Waals surface area contributed by atoms with Gasteiger partial charge in [-0.25, -0.2) is 4.39 Å². The summed E-state index contributed by atoms with van der Waals surface area (Å²) in [6.45, 7) is 6.15. The summed E-state index contributed by atoms with van der Waals surface area (Å²) in [5.41, 5.74) is 1.34. The molecule has 1 amide bonds. The Morgan fingerprint density at radius 2 is 1.82 bits per heavy atom. The van der Waals surface area contributed by atoms with Gasteiger partial charge >= 0.3 is 6.18 Å². The van der Waals surface area contributed by atoms with Crippen molar-refractivity contribution < 1.29 is 32.2 Å². The van der Waals surface area contributed by atoms with E-state index in [-0.39, 0.29) is 28.7 Å².